The summed E-state index contributed by atoms with van der Waals surface area (Å²) in [6.45, 7) is 15.8. The second-order valence-corrected chi connectivity index (χ2v) is 19.8. The van der Waals surface area contributed by atoms with E-state index in [0.717, 1.165) is 47.9 Å². The number of hydrogen-bond donors (Lipinski definition) is 0. The molecule has 0 aliphatic heterocycles. The third-order valence-corrected chi connectivity index (χ3v) is 15.5. The van der Waals surface area contributed by atoms with Gasteiger partial charge in [0.25, 0.3) is 0 Å². The van der Waals surface area contributed by atoms with E-state index in [0.29, 0.717) is 19.8 Å². The zero-order chi connectivity index (χ0) is 33.7. The van der Waals surface area contributed by atoms with Gasteiger partial charge in [0.05, 0.1) is 10.8 Å². The van der Waals surface area contributed by atoms with Gasteiger partial charge in [-0.2, -0.15) is 23.5 Å². The minimum absolute atomic E-state index is 0.166. The van der Waals surface area contributed by atoms with Gasteiger partial charge in [0, 0.05) is 92.9 Å². The van der Waals surface area contributed by atoms with Gasteiger partial charge in [-0.15, -0.1) is 0 Å². The standard InChI is InChI=1S/C16H35NO4SSi.C13H29NO4SSi/c1-8-19-23(20-9-2,21-10-3)13-11-12-22-14-16(4,5)15(18)17(6)7;1-13(2,12(15)14(3)4)11-19-9-8-10-20(16-5,17-6)18-7/h8-14H2,1-7H3;8-11H2,1-7H3. The van der Waals surface area contributed by atoms with Crippen LogP contribution >= 0.6 is 23.5 Å². The molecule has 0 spiro atoms. The van der Waals surface area contributed by atoms with Crippen LogP contribution in [0, 0.1) is 10.8 Å². The predicted octanol–water partition coefficient (Wildman–Crippen LogP) is 5.37. The summed E-state index contributed by atoms with van der Waals surface area (Å²) in [7, 11) is 7.13. The van der Waals surface area contributed by atoms with Crippen molar-refractivity contribution in [3.05, 3.63) is 0 Å². The molecule has 14 heteroatoms. The van der Waals surface area contributed by atoms with E-state index in [1.807, 2.05) is 60.2 Å². The molecule has 258 valence electrons. The van der Waals surface area contributed by atoms with Crippen molar-refractivity contribution in [2.45, 2.75) is 73.4 Å². The summed E-state index contributed by atoms with van der Waals surface area (Å²) in [6, 6.07) is 1.63. The molecule has 0 aromatic rings. The molecule has 0 aromatic heterocycles. The van der Waals surface area contributed by atoms with Crippen molar-refractivity contribution in [3.63, 3.8) is 0 Å². The van der Waals surface area contributed by atoms with E-state index >= 15 is 0 Å². The molecule has 0 atom stereocenters. The number of carbonyl (C=O) groups is 2. The number of hydrogen-bond acceptors (Lipinski definition) is 10. The largest absolute Gasteiger partial charge is 0.500 e. The van der Waals surface area contributed by atoms with E-state index in [9.17, 15) is 9.59 Å². The van der Waals surface area contributed by atoms with Gasteiger partial charge < -0.3 is 36.4 Å². The highest BCUT2D eigenvalue weighted by atomic mass is 32.2. The topological polar surface area (TPSA) is 96.0 Å². The lowest BCUT2D eigenvalue weighted by molar-refractivity contribution is -0.137. The van der Waals surface area contributed by atoms with E-state index < -0.39 is 17.6 Å². The van der Waals surface area contributed by atoms with Gasteiger partial charge in [0.1, 0.15) is 0 Å². The maximum absolute atomic E-state index is 12.1. The molecule has 0 radical (unpaired) electrons. The zero-order valence-electron chi connectivity index (χ0n) is 29.8. The minimum Gasteiger partial charge on any atom is -0.377 e. The lowest BCUT2D eigenvalue weighted by atomic mass is 9.95. The molecule has 0 bridgehead atoms. The molecule has 0 unspecified atom stereocenters. The van der Waals surface area contributed by atoms with Crippen LogP contribution in [0.25, 0.3) is 0 Å². The lowest BCUT2D eigenvalue weighted by Crippen LogP contribution is -2.46. The van der Waals surface area contributed by atoms with Gasteiger partial charge in [-0.1, -0.05) is 27.7 Å². The fraction of sp³-hybridized carbons (Fsp3) is 0.931. The van der Waals surface area contributed by atoms with E-state index in [2.05, 4.69) is 0 Å². The Hall–Kier alpha value is -0.166. The maximum atomic E-state index is 12.1. The molecular formula is C29H64N2O8S2Si2. The van der Waals surface area contributed by atoms with Crippen LogP contribution in [0.2, 0.25) is 12.1 Å². The van der Waals surface area contributed by atoms with Crippen molar-refractivity contribution in [2.24, 2.45) is 10.8 Å². The van der Waals surface area contributed by atoms with Crippen LogP contribution in [0.1, 0.15) is 61.3 Å². The van der Waals surface area contributed by atoms with Gasteiger partial charge in [0.15, 0.2) is 0 Å². The summed E-state index contributed by atoms with van der Waals surface area (Å²) in [5, 5.41) is 0. The first-order valence-electron chi connectivity index (χ1n) is 15.2. The third kappa shape index (κ3) is 17.9. The summed E-state index contributed by atoms with van der Waals surface area (Å²) in [5.74, 6) is 3.91. The van der Waals surface area contributed by atoms with Gasteiger partial charge in [-0.25, -0.2) is 0 Å². The third-order valence-electron chi connectivity index (χ3n) is 6.47. The van der Waals surface area contributed by atoms with E-state index in [-0.39, 0.29) is 22.6 Å². The number of amides is 2. The van der Waals surface area contributed by atoms with Crippen LogP contribution in [0.15, 0.2) is 0 Å². The van der Waals surface area contributed by atoms with Gasteiger partial charge in [0.2, 0.25) is 11.8 Å². The Kier molecular flexibility index (Phi) is 24.3. The molecule has 2 amide bonds. The molecular weight excluding hydrogens is 625 g/mol. The quantitative estimate of drug-likeness (QED) is 0.103. The van der Waals surface area contributed by atoms with Crippen molar-refractivity contribution in [1.29, 1.82) is 0 Å². The molecule has 0 rings (SSSR count). The SMILES string of the molecule is CCO[Si](CCCSCC(C)(C)C(=O)N(C)C)(OCC)OCC.CO[Si](CCCSCC(C)(C)C(=O)N(C)C)(OC)OC. The van der Waals surface area contributed by atoms with Gasteiger partial charge >= 0.3 is 17.6 Å². The summed E-state index contributed by atoms with van der Waals surface area (Å²) in [6.07, 6.45) is 1.93. The summed E-state index contributed by atoms with van der Waals surface area (Å²) >= 11 is 3.60. The van der Waals surface area contributed by atoms with Gasteiger partial charge in [-0.05, 0) is 45.1 Å². The Morgan fingerprint density at radius 1 is 0.605 bits per heavy atom. The zero-order valence-corrected chi connectivity index (χ0v) is 33.4. The second kappa shape index (κ2) is 23.2. The Balaban J connectivity index is 0. The predicted molar refractivity (Wildman–Crippen MR) is 186 cm³/mol. The highest BCUT2D eigenvalue weighted by molar-refractivity contribution is 7.99. The average Bonchev–Trinajstić information content (AvgIpc) is 2.94. The Labute approximate surface area is 274 Å². The van der Waals surface area contributed by atoms with Crippen LogP contribution < -0.4 is 0 Å². The fourth-order valence-electron chi connectivity index (χ4n) is 4.33. The highest BCUT2D eigenvalue weighted by Crippen LogP contribution is 2.27. The van der Waals surface area contributed by atoms with Crippen molar-refractivity contribution >= 4 is 52.9 Å². The molecule has 43 heavy (non-hydrogen) atoms. The van der Waals surface area contributed by atoms with Crippen LogP contribution in [-0.4, -0.2) is 132 Å². The number of carbonyl (C=O) groups excluding carboxylic acids is 2. The number of nitrogens with zero attached hydrogens (tertiary/aromatic N) is 2. The summed E-state index contributed by atoms with van der Waals surface area (Å²) < 4.78 is 33.7. The van der Waals surface area contributed by atoms with Crippen LogP contribution in [0.3, 0.4) is 0 Å². The monoisotopic (exact) mass is 688 g/mol. The van der Waals surface area contributed by atoms with Crippen LogP contribution in [0.5, 0.6) is 0 Å². The molecule has 0 saturated heterocycles. The first kappa shape index (κ1) is 45.0. The van der Waals surface area contributed by atoms with Crippen LogP contribution in [-0.2, 0) is 36.1 Å². The molecule has 0 aliphatic rings. The van der Waals surface area contributed by atoms with E-state index in [1.54, 1.807) is 71.1 Å². The molecule has 0 fully saturated rings. The fourth-order valence-corrected chi connectivity index (χ4v) is 11.4. The average molecular weight is 689 g/mol. The first-order valence-corrected chi connectivity index (χ1v) is 21.3. The Morgan fingerprint density at radius 2 is 0.907 bits per heavy atom. The van der Waals surface area contributed by atoms with Crippen molar-refractivity contribution < 1.29 is 36.1 Å². The molecule has 0 heterocycles. The first-order chi connectivity index (χ1) is 20.0. The molecule has 0 N–H and O–H groups in total. The van der Waals surface area contributed by atoms with Crippen molar-refractivity contribution in [2.75, 3.05) is 92.4 Å². The maximum Gasteiger partial charge on any atom is 0.500 e. The molecule has 10 nitrogen and oxygen atoms in total. The molecule has 0 saturated carbocycles. The summed E-state index contributed by atoms with van der Waals surface area (Å²) in [4.78, 5) is 27.4. The van der Waals surface area contributed by atoms with Crippen molar-refractivity contribution in [1.82, 2.24) is 9.80 Å². The minimum atomic E-state index is -2.52. The number of rotatable bonds is 23. The summed E-state index contributed by atoms with van der Waals surface area (Å²) in [5.41, 5.74) is -0.658. The molecule has 0 aromatic carbocycles. The van der Waals surface area contributed by atoms with Gasteiger partial charge in [-0.3, -0.25) is 9.59 Å². The Morgan fingerprint density at radius 3 is 1.16 bits per heavy atom. The Bertz CT molecular complexity index is 733. The normalized spacial score (nSPS) is 12.5. The molecule has 0 aliphatic carbocycles. The van der Waals surface area contributed by atoms with E-state index in [1.165, 1.54) is 0 Å². The van der Waals surface area contributed by atoms with Crippen LogP contribution in [0.4, 0.5) is 0 Å². The number of thioether (sulfide) groups is 2. The highest BCUT2D eigenvalue weighted by Gasteiger charge is 2.40. The second-order valence-electron chi connectivity index (χ2n) is 11.8. The van der Waals surface area contributed by atoms with Crippen molar-refractivity contribution in [3.8, 4) is 0 Å². The van der Waals surface area contributed by atoms with E-state index in [4.69, 9.17) is 26.6 Å². The smallest absolute Gasteiger partial charge is 0.377 e. The lowest BCUT2D eigenvalue weighted by Gasteiger charge is -2.29.